The Labute approximate surface area is 129 Å². The highest BCUT2D eigenvalue weighted by Gasteiger charge is 2.42. The summed E-state index contributed by atoms with van der Waals surface area (Å²) in [6.45, 7) is 3.68. The van der Waals surface area contributed by atoms with Crippen LogP contribution in [0.3, 0.4) is 0 Å². The van der Waals surface area contributed by atoms with Gasteiger partial charge in [0.15, 0.2) is 0 Å². The van der Waals surface area contributed by atoms with Gasteiger partial charge in [0.1, 0.15) is 5.82 Å². The molecule has 0 saturated heterocycles. The first-order valence-corrected chi connectivity index (χ1v) is 7.11. The van der Waals surface area contributed by atoms with E-state index in [1.165, 1.54) is 0 Å². The third kappa shape index (κ3) is 2.83. The number of carbonyl (C=O) groups excluding carboxylic acids is 1. The molecule has 2 aromatic rings. The lowest BCUT2D eigenvalue weighted by Gasteiger charge is -2.20. The zero-order valence-electron chi connectivity index (χ0n) is 12.5. The van der Waals surface area contributed by atoms with Gasteiger partial charge in [-0.25, -0.2) is 4.98 Å². The Kier molecular flexibility index (Phi) is 3.63. The van der Waals surface area contributed by atoms with Crippen LogP contribution in [0.15, 0.2) is 53.8 Å². The third-order valence-corrected chi connectivity index (χ3v) is 3.61. The van der Waals surface area contributed by atoms with E-state index < -0.39 is 5.60 Å². The lowest BCUT2D eigenvalue weighted by atomic mass is 9.95. The molecule has 1 amide bonds. The number of nitrogens with one attached hydrogen (secondary N) is 1. The fraction of sp³-hybridized carbons (Fsp3) is 0.235. The molecule has 0 saturated carbocycles. The minimum Gasteiger partial charge on any atom is -0.379 e. The zero-order chi connectivity index (χ0) is 15.6. The summed E-state index contributed by atoms with van der Waals surface area (Å²) < 4.78 is 0. The van der Waals surface area contributed by atoms with Gasteiger partial charge in [-0.2, -0.15) is 0 Å². The minimum absolute atomic E-state index is 0.250. The Morgan fingerprint density at radius 3 is 2.77 bits per heavy atom. The molecule has 5 heteroatoms. The summed E-state index contributed by atoms with van der Waals surface area (Å²) in [5.74, 6) is 0.267. The molecule has 112 valence electrons. The topological polar surface area (TPSA) is 63.6 Å². The van der Waals surface area contributed by atoms with Crippen LogP contribution >= 0.6 is 0 Å². The summed E-state index contributed by atoms with van der Waals surface area (Å²) in [5.41, 5.74) is 1.75. The van der Waals surface area contributed by atoms with Gasteiger partial charge in [-0.3, -0.25) is 4.79 Å². The summed E-state index contributed by atoms with van der Waals surface area (Å²) >= 11 is 0. The van der Waals surface area contributed by atoms with Crippen molar-refractivity contribution in [2.75, 3.05) is 5.32 Å². The van der Waals surface area contributed by atoms with Gasteiger partial charge < -0.3 is 10.2 Å². The monoisotopic (exact) mass is 295 g/mol. The van der Waals surface area contributed by atoms with Gasteiger partial charge in [-0.05, 0) is 37.1 Å². The van der Waals surface area contributed by atoms with Crippen molar-refractivity contribution in [1.29, 1.82) is 0 Å². The third-order valence-electron chi connectivity index (χ3n) is 3.61. The first-order chi connectivity index (χ1) is 10.6. The highest BCUT2D eigenvalue weighted by molar-refractivity contribution is 6.07. The summed E-state index contributed by atoms with van der Waals surface area (Å²) in [5, 5.41) is 6.86. The highest BCUT2D eigenvalue weighted by Crippen LogP contribution is 2.27. The van der Waals surface area contributed by atoms with Crippen LogP contribution in [0, 0.1) is 6.92 Å². The number of anilines is 1. The van der Waals surface area contributed by atoms with E-state index in [9.17, 15) is 4.79 Å². The summed E-state index contributed by atoms with van der Waals surface area (Å²) in [6, 6.07) is 13.4. The van der Waals surface area contributed by atoms with Crippen molar-refractivity contribution in [3.8, 4) is 0 Å². The van der Waals surface area contributed by atoms with E-state index in [0.29, 0.717) is 12.2 Å². The first-order valence-electron chi connectivity index (χ1n) is 7.11. The Morgan fingerprint density at radius 1 is 1.27 bits per heavy atom. The van der Waals surface area contributed by atoms with Crippen molar-refractivity contribution in [1.82, 2.24) is 4.98 Å². The van der Waals surface area contributed by atoms with Crippen LogP contribution < -0.4 is 5.32 Å². The quantitative estimate of drug-likeness (QED) is 0.947. The van der Waals surface area contributed by atoms with Crippen molar-refractivity contribution in [2.24, 2.45) is 5.16 Å². The van der Waals surface area contributed by atoms with Crippen LogP contribution in [-0.2, 0) is 9.63 Å². The zero-order valence-corrected chi connectivity index (χ0v) is 12.5. The molecule has 1 aliphatic rings. The number of aromatic nitrogens is 1. The Morgan fingerprint density at radius 2 is 2.05 bits per heavy atom. The summed E-state index contributed by atoms with van der Waals surface area (Å²) in [7, 11) is 0. The van der Waals surface area contributed by atoms with Crippen LogP contribution in [-0.4, -0.2) is 22.2 Å². The largest absolute Gasteiger partial charge is 0.379 e. The minimum atomic E-state index is -1.02. The molecule has 1 aromatic heterocycles. The highest BCUT2D eigenvalue weighted by atomic mass is 16.7. The molecule has 0 radical (unpaired) electrons. The van der Waals surface area contributed by atoms with Crippen LogP contribution in [0.1, 0.15) is 24.5 Å². The molecule has 1 aliphatic heterocycles. The molecule has 1 atom stereocenters. The van der Waals surface area contributed by atoms with Gasteiger partial charge in [0, 0.05) is 12.6 Å². The van der Waals surface area contributed by atoms with Gasteiger partial charge in [0.25, 0.3) is 5.91 Å². The molecule has 1 unspecified atom stereocenters. The molecule has 3 rings (SSSR count). The second-order valence-electron chi connectivity index (χ2n) is 5.58. The fourth-order valence-corrected chi connectivity index (χ4v) is 2.30. The maximum Gasteiger partial charge on any atom is 0.272 e. The predicted octanol–water partition coefficient (Wildman–Crippen LogP) is 2.91. The number of nitrogens with zero attached hydrogens (tertiary/aromatic N) is 2. The number of aryl methyl sites for hydroxylation is 1. The van der Waals surface area contributed by atoms with Crippen LogP contribution in [0.5, 0.6) is 0 Å². The Balaban J connectivity index is 1.72. The van der Waals surface area contributed by atoms with Crippen molar-refractivity contribution in [3.05, 3.63) is 59.8 Å². The first kappa shape index (κ1) is 14.3. The van der Waals surface area contributed by atoms with Gasteiger partial charge in [-0.1, -0.05) is 35.5 Å². The van der Waals surface area contributed by atoms with Crippen molar-refractivity contribution >= 4 is 17.4 Å². The predicted molar refractivity (Wildman–Crippen MR) is 84.7 cm³/mol. The van der Waals surface area contributed by atoms with Crippen molar-refractivity contribution < 1.29 is 9.63 Å². The molecule has 5 nitrogen and oxygen atoms in total. The van der Waals surface area contributed by atoms with Crippen molar-refractivity contribution in [3.63, 3.8) is 0 Å². The van der Waals surface area contributed by atoms with E-state index >= 15 is 0 Å². The molecule has 0 bridgehead atoms. The SMILES string of the molecule is Cc1ccnc(NC(=O)C2(C)CC(c3ccccc3)=NO2)c1. The lowest BCUT2D eigenvalue weighted by molar-refractivity contribution is -0.135. The maximum absolute atomic E-state index is 12.5. The standard InChI is InChI=1S/C17H17N3O2/c1-12-8-9-18-15(10-12)19-16(21)17(2)11-14(20-22-17)13-6-4-3-5-7-13/h3-10H,11H2,1-2H3,(H,18,19,21). The van der Waals surface area contributed by atoms with E-state index in [4.69, 9.17) is 4.84 Å². The Bertz CT molecular complexity index is 728. The number of amides is 1. The van der Waals surface area contributed by atoms with Gasteiger partial charge >= 0.3 is 0 Å². The number of carbonyl (C=O) groups is 1. The van der Waals surface area contributed by atoms with E-state index in [-0.39, 0.29) is 5.91 Å². The number of rotatable bonds is 3. The maximum atomic E-state index is 12.5. The van der Waals surface area contributed by atoms with E-state index in [2.05, 4.69) is 15.5 Å². The van der Waals surface area contributed by atoms with E-state index in [0.717, 1.165) is 16.8 Å². The average Bonchev–Trinajstić information content (AvgIpc) is 2.92. The van der Waals surface area contributed by atoms with Crippen LogP contribution in [0.2, 0.25) is 0 Å². The second kappa shape index (κ2) is 5.60. The van der Waals surface area contributed by atoms with Gasteiger partial charge in [0.05, 0.1) is 5.71 Å². The van der Waals surface area contributed by atoms with Gasteiger partial charge in [0.2, 0.25) is 5.60 Å². The van der Waals surface area contributed by atoms with Crippen LogP contribution in [0.25, 0.3) is 0 Å². The summed E-state index contributed by atoms with van der Waals surface area (Å²) in [6.07, 6.45) is 2.09. The average molecular weight is 295 g/mol. The molecular weight excluding hydrogens is 278 g/mol. The van der Waals surface area contributed by atoms with Gasteiger partial charge in [-0.15, -0.1) is 0 Å². The molecule has 2 heterocycles. The molecule has 0 aliphatic carbocycles. The number of pyridine rings is 1. The Hall–Kier alpha value is -2.69. The van der Waals surface area contributed by atoms with E-state index in [1.807, 2.05) is 49.4 Å². The second-order valence-corrected chi connectivity index (χ2v) is 5.58. The van der Waals surface area contributed by atoms with E-state index in [1.54, 1.807) is 13.1 Å². The number of benzene rings is 1. The number of oxime groups is 1. The fourth-order valence-electron chi connectivity index (χ4n) is 2.30. The molecule has 0 fully saturated rings. The number of hydrogen-bond acceptors (Lipinski definition) is 4. The smallest absolute Gasteiger partial charge is 0.272 e. The molecular formula is C17H17N3O2. The summed E-state index contributed by atoms with van der Waals surface area (Å²) in [4.78, 5) is 22.0. The lowest BCUT2D eigenvalue weighted by Crippen LogP contribution is -2.40. The molecule has 0 spiro atoms. The molecule has 1 aromatic carbocycles. The molecule has 1 N–H and O–H groups in total. The van der Waals surface area contributed by atoms with Crippen molar-refractivity contribution in [2.45, 2.75) is 25.9 Å². The van der Waals surface area contributed by atoms with Crippen LogP contribution in [0.4, 0.5) is 5.82 Å². The number of hydrogen-bond donors (Lipinski definition) is 1. The normalized spacial score (nSPS) is 20.2. The molecule has 22 heavy (non-hydrogen) atoms.